The van der Waals surface area contributed by atoms with Gasteiger partial charge in [0.2, 0.25) is 5.91 Å². The van der Waals surface area contributed by atoms with E-state index in [1.165, 1.54) is 32.9 Å². The Morgan fingerprint density at radius 2 is 1.72 bits per heavy atom. The summed E-state index contributed by atoms with van der Waals surface area (Å²) in [5.41, 5.74) is 2.76. The average molecular weight is 741 g/mol. The Bertz CT molecular complexity index is 2210. The van der Waals surface area contributed by atoms with E-state index in [4.69, 9.17) is 11.6 Å². The van der Waals surface area contributed by atoms with Crippen LogP contribution in [0.5, 0.6) is 0 Å². The van der Waals surface area contributed by atoms with Gasteiger partial charge in [-0.2, -0.15) is 4.68 Å². The Hall–Kier alpha value is -6.33. The average Bonchev–Trinajstić information content (AvgIpc) is 3.94. The molecule has 53 heavy (non-hydrogen) atoms. The molecule has 2 aliphatic heterocycles. The second-order valence-electron chi connectivity index (χ2n) is 12.6. The van der Waals surface area contributed by atoms with Crippen molar-refractivity contribution in [2.45, 2.75) is 31.3 Å². The smallest absolute Gasteiger partial charge is 0.352 e. The Morgan fingerprint density at radius 1 is 0.925 bits per heavy atom. The molecule has 2 unspecified atom stereocenters. The van der Waals surface area contributed by atoms with Gasteiger partial charge >= 0.3 is 23.8 Å². The van der Waals surface area contributed by atoms with Gasteiger partial charge in [0.15, 0.2) is 0 Å². The molecule has 0 aliphatic carbocycles. The predicted octanol–water partition coefficient (Wildman–Crippen LogP) is 2.91. The third-order valence-electron chi connectivity index (χ3n) is 9.36. The summed E-state index contributed by atoms with van der Waals surface area (Å²) < 4.78 is 1.34. The number of carboxylic acids is 1. The van der Waals surface area contributed by atoms with Gasteiger partial charge in [-0.3, -0.25) is 14.4 Å². The number of amides is 5. The van der Waals surface area contributed by atoms with Gasteiger partial charge in [-0.25, -0.2) is 9.59 Å². The molecular formula is C35H33ClN10O7. The van der Waals surface area contributed by atoms with E-state index in [0.29, 0.717) is 50.8 Å². The first kappa shape index (κ1) is 35.1. The van der Waals surface area contributed by atoms with E-state index in [0.717, 1.165) is 12.8 Å². The molecule has 2 saturated heterocycles. The molecule has 2 aliphatic rings. The van der Waals surface area contributed by atoms with Gasteiger partial charge < -0.3 is 40.5 Å². The highest BCUT2D eigenvalue weighted by molar-refractivity contribution is 6.41. The van der Waals surface area contributed by atoms with Crippen LogP contribution in [-0.4, -0.2) is 113 Å². The van der Waals surface area contributed by atoms with Gasteiger partial charge in [0, 0.05) is 53.4 Å². The van der Waals surface area contributed by atoms with Crippen molar-refractivity contribution in [3.63, 3.8) is 0 Å². The molecule has 0 saturated carbocycles. The molecule has 272 valence electrons. The molecule has 5 aromatic rings. The minimum atomic E-state index is -1.15. The number of urea groups is 1. The topological polar surface area (TPSA) is 219 Å². The zero-order chi connectivity index (χ0) is 37.2. The van der Waals surface area contributed by atoms with E-state index in [1.807, 2.05) is 0 Å². The van der Waals surface area contributed by atoms with Crippen molar-refractivity contribution >= 4 is 69.3 Å². The number of anilines is 3. The van der Waals surface area contributed by atoms with Crippen LogP contribution >= 0.6 is 11.6 Å². The van der Waals surface area contributed by atoms with E-state index >= 15 is 0 Å². The van der Waals surface area contributed by atoms with Crippen molar-refractivity contribution in [1.29, 1.82) is 0 Å². The Labute approximate surface area is 306 Å². The highest BCUT2D eigenvalue weighted by Crippen LogP contribution is 2.30. The van der Waals surface area contributed by atoms with Crippen molar-refractivity contribution in [3.05, 3.63) is 89.3 Å². The number of carbonyl (C=O) groups excluding carboxylic acids is 4. The van der Waals surface area contributed by atoms with Crippen LogP contribution in [0.25, 0.3) is 16.6 Å². The lowest BCUT2D eigenvalue weighted by Crippen LogP contribution is -2.60. The number of aliphatic hydroxyl groups excluding tert-OH is 1. The summed E-state index contributed by atoms with van der Waals surface area (Å²) >= 11 is 6.29. The zero-order valence-electron chi connectivity index (χ0n) is 28.0. The number of rotatable bonds is 10. The number of H-pyrrole nitrogens is 1. The van der Waals surface area contributed by atoms with E-state index in [2.05, 4.69) is 31.1 Å². The lowest BCUT2D eigenvalue weighted by atomic mass is 10.0. The number of fused-ring (bicyclic) bond motifs is 1. The molecule has 3 aromatic carbocycles. The maximum absolute atomic E-state index is 14.1. The van der Waals surface area contributed by atoms with E-state index in [9.17, 15) is 34.2 Å². The number of piperazine rings is 1. The monoisotopic (exact) mass is 740 g/mol. The van der Waals surface area contributed by atoms with Gasteiger partial charge in [0.05, 0.1) is 24.0 Å². The Kier molecular flexibility index (Phi) is 9.75. The first-order valence-corrected chi connectivity index (χ1v) is 17.1. The van der Waals surface area contributed by atoms with Crippen LogP contribution in [0.3, 0.4) is 0 Å². The van der Waals surface area contributed by atoms with Crippen LogP contribution < -0.4 is 15.5 Å². The van der Waals surface area contributed by atoms with Crippen LogP contribution in [0.2, 0.25) is 5.02 Å². The second-order valence-corrected chi connectivity index (χ2v) is 13.1. The van der Waals surface area contributed by atoms with Crippen LogP contribution in [-0.2, 0) is 20.8 Å². The summed E-state index contributed by atoms with van der Waals surface area (Å²) in [6.45, 7) is 0.430. The fraction of sp³-hybridized carbons (Fsp3) is 0.257. The molecule has 4 heterocycles. The Morgan fingerprint density at radius 3 is 2.45 bits per heavy atom. The van der Waals surface area contributed by atoms with Crippen LogP contribution in [0.15, 0.2) is 73.1 Å². The summed E-state index contributed by atoms with van der Waals surface area (Å²) in [6.07, 6.45) is 2.89. The molecule has 2 aromatic heterocycles. The summed E-state index contributed by atoms with van der Waals surface area (Å²) in [5, 5.41) is 36.8. The van der Waals surface area contributed by atoms with Crippen molar-refractivity contribution < 1.29 is 34.2 Å². The number of benzene rings is 3. The molecular weight excluding hydrogens is 708 g/mol. The molecule has 2 atom stereocenters. The standard InChI is InChI=1S/C35H33ClN10O7/c36-22-5-10-28(46-19-37-41-42-46)29(17-22)44-12-13-45(33(50)32(44)49)30(31(48)38-24-8-9-26-21(15-24)16-27(40-26)34(51)52)14-20-3-6-23(7-4-20)39-35(53)43-11-1-2-25(43)18-47/h3-10,15-17,19,25,30,40,47H,1-2,11-14,18H2,(H,38,48)(H,39,53)(H,51,52). The number of likely N-dealkylation sites (tertiary alicyclic amines) is 1. The summed E-state index contributed by atoms with van der Waals surface area (Å²) in [5.74, 6) is -3.51. The molecule has 0 bridgehead atoms. The number of halogens is 1. The SMILES string of the molecule is O=C(O)c1cc2cc(NC(=O)C(Cc3ccc(NC(=O)N4CCCC4CO)cc3)N3CCN(c4cc(Cl)ccc4-n4cnnn4)C(=O)C3=O)ccc2[nH]1. The third kappa shape index (κ3) is 7.24. The van der Waals surface area contributed by atoms with E-state index in [1.54, 1.807) is 59.5 Å². The summed E-state index contributed by atoms with van der Waals surface area (Å²) in [7, 11) is 0. The minimum absolute atomic E-state index is 0.0143. The number of hydrogen-bond acceptors (Lipinski definition) is 9. The summed E-state index contributed by atoms with van der Waals surface area (Å²) in [4.78, 5) is 73.0. The maximum atomic E-state index is 14.1. The number of tetrazole rings is 1. The number of aromatic amines is 1. The van der Waals surface area contributed by atoms with Gasteiger partial charge in [0.1, 0.15) is 18.1 Å². The number of hydrogen-bond donors (Lipinski definition) is 5. The van der Waals surface area contributed by atoms with Gasteiger partial charge in [0.25, 0.3) is 0 Å². The number of carbonyl (C=O) groups is 5. The zero-order valence-corrected chi connectivity index (χ0v) is 28.7. The third-order valence-corrected chi connectivity index (χ3v) is 9.59. The van der Waals surface area contributed by atoms with Gasteiger partial charge in [-0.1, -0.05) is 23.7 Å². The molecule has 5 amide bonds. The van der Waals surface area contributed by atoms with Crippen molar-refractivity contribution in [3.8, 4) is 5.69 Å². The molecule has 2 fully saturated rings. The van der Waals surface area contributed by atoms with Crippen molar-refractivity contribution in [1.82, 2.24) is 35.0 Å². The molecule has 7 rings (SSSR count). The molecule has 5 N–H and O–H groups in total. The minimum Gasteiger partial charge on any atom is -0.477 e. The highest BCUT2D eigenvalue weighted by atomic mass is 35.5. The number of nitrogens with zero attached hydrogens (tertiary/aromatic N) is 7. The number of nitrogens with one attached hydrogen (secondary N) is 3. The van der Waals surface area contributed by atoms with Crippen LogP contribution in [0, 0.1) is 0 Å². The van der Waals surface area contributed by atoms with Crippen LogP contribution in [0.4, 0.5) is 21.9 Å². The number of aliphatic hydroxyl groups is 1. The first-order chi connectivity index (χ1) is 25.6. The summed E-state index contributed by atoms with van der Waals surface area (Å²) in [6, 6.07) is 16.1. The maximum Gasteiger partial charge on any atom is 0.352 e. The predicted molar refractivity (Wildman–Crippen MR) is 192 cm³/mol. The lowest BCUT2D eigenvalue weighted by Gasteiger charge is -2.38. The highest BCUT2D eigenvalue weighted by Gasteiger charge is 2.41. The molecule has 0 radical (unpaired) electrons. The van der Waals surface area contributed by atoms with Crippen molar-refractivity contribution in [2.24, 2.45) is 0 Å². The van der Waals surface area contributed by atoms with Crippen molar-refractivity contribution in [2.75, 3.05) is 41.8 Å². The van der Waals surface area contributed by atoms with E-state index in [-0.39, 0.29) is 43.9 Å². The number of aromatic nitrogens is 5. The van der Waals surface area contributed by atoms with E-state index < -0.39 is 29.7 Å². The van der Waals surface area contributed by atoms with Gasteiger partial charge in [-0.05, 0) is 83.4 Å². The normalized spacial score (nSPS) is 16.6. The largest absolute Gasteiger partial charge is 0.477 e. The molecule has 0 spiro atoms. The van der Waals surface area contributed by atoms with Crippen LogP contribution in [0.1, 0.15) is 28.9 Å². The molecule has 18 heteroatoms. The lowest BCUT2D eigenvalue weighted by molar-refractivity contribution is -0.149. The quantitative estimate of drug-likeness (QED) is 0.132. The first-order valence-electron chi connectivity index (χ1n) is 16.7. The number of aromatic carboxylic acids is 1. The fourth-order valence-electron chi connectivity index (χ4n) is 6.69. The Balaban J connectivity index is 1.14. The van der Waals surface area contributed by atoms with Gasteiger partial charge in [-0.15, -0.1) is 5.10 Å². The second kappa shape index (κ2) is 14.7. The number of carboxylic acid groups (broad SMARTS) is 1. The molecule has 17 nitrogen and oxygen atoms in total. The fourth-order valence-corrected chi connectivity index (χ4v) is 6.85.